The number of aliphatic hydroxyl groups is 1. The molecule has 0 aliphatic rings. The van der Waals surface area contributed by atoms with Gasteiger partial charge in [0.1, 0.15) is 0 Å². The lowest BCUT2D eigenvalue weighted by Gasteiger charge is -2.12. The third kappa shape index (κ3) is 3.39. The molecule has 1 rings (SSSR count). The van der Waals surface area contributed by atoms with Gasteiger partial charge in [-0.1, -0.05) is 12.2 Å². The molecule has 0 unspecified atom stereocenters. The number of hydrogen-bond donors (Lipinski definition) is 1. The molecule has 1 aromatic rings. The molecular formula is C10H14O2. The van der Waals surface area contributed by atoms with Crippen molar-refractivity contribution in [2.24, 2.45) is 0 Å². The smallest absolute Gasteiger partial charge is 0.0974 e. The fourth-order valence-corrected chi connectivity index (χ4v) is 0.853. The van der Waals surface area contributed by atoms with E-state index in [1.165, 1.54) is 0 Å². The van der Waals surface area contributed by atoms with Crippen LogP contribution in [0.2, 0.25) is 0 Å². The van der Waals surface area contributed by atoms with Crippen molar-refractivity contribution in [3.8, 4) is 0 Å². The number of rotatable bonds is 3. The summed E-state index contributed by atoms with van der Waals surface area (Å²) in [6.07, 6.45) is 7.81. The Labute approximate surface area is 72.5 Å². The highest BCUT2D eigenvalue weighted by molar-refractivity contribution is 5.46. The van der Waals surface area contributed by atoms with E-state index < -0.39 is 5.60 Å². The normalized spacial score (nSPS) is 12.6. The van der Waals surface area contributed by atoms with Gasteiger partial charge >= 0.3 is 0 Å². The first-order valence-electron chi connectivity index (χ1n) is 3.99. The Bertz CT molecular complexity index is 239. The van der Waals surface area contributed by atoms with Crippen molar-refractivity contribution in [2.45, 2.75) is 25.9 Å². The molecule has 0 atom stereocenters. The minimum Gasteiger partial charge on any atom is -0.472 e. The van der Waals surface area contributed by atoms with E-state index in [0.29, 0.717) is 6.42 Å². The van der Waals surface area contributed by atoms with Crippen molar-refractivity contribution >= 4 is 6.08 Å². The maximum Gasteiger partial charge on any atom is 0.0974 e. The second-order valence-electron chi connectivity index (χ2n) is 3.48. The molecule has 2 nitrogen and oxygen atoms in total. The Morgan fingerprint density at radius 3 is 2.83 bits per heavy atom. The predicted molar refractivity (Wildman–Crippen MR) is 48.7 cm³/mol. The summed E-state index contributed by atoms with van der Waals surface area (Å²) in [5, 5.41) is 9.37. The first kappa shape index (κ1) is 9.07. The Morgan fingerprint density at radius 1 is 1.58 bits per heavy atom. The van der Waals surface area contributed by atoms with Crippen LogP contribution >= 0.6 is 0 Å². The Morgan fingerprint density at radius 2 is 2.33 bits per heavy atom. The largest absolute Gasteiger partial charge is 0.472 e. The third-order valence-corrected chi connectivity index (χ3v) is 1.47. The predicted octanol–water partition coefficient (Wildman–Crippen LogP) is 2.45. The molecule has 0 saturated carbocycles. The molecule has 0 saturated heterocycles. The average molecular weight is 166 g/mol. The fraction of sp³-hybridized carbons (Fsp3) is 0.400. The maximum absolute atomic E-state index is 9.37. The van der Waals surface area contributed by atoms with Gasteiger partial charge in [-0.3, -0.25) is 0 Å². The summed E-state index contributed by atoms with van der Waals surface area (Å²) in [5.74, 6) is 0. The highest BCUT2D eigenvalue weighted by atomic mass is 16.3. The molecule has 66 valence electrons. The zero-order valence-electron chi connectivity index (χ0n) is 7.45. The van der Waals surface area contributed by atoms with E-state index in [-0.39, 0.29) is 0 Å². The van der Waals surface area contributed by atoms with Crippen molar-refractivity contribution in [2.75, 3.05) is 0 Å². The fourth-order valence-electron chi connectivity index (χ4n) is 0.853. The van der Waals surface area contributed by atoms with Crippen LogP contribution in [0.1, 0.15) is 25.8 Å². The second kappa shape index (κ2) is 3.59. The topological polar surface area (TPSA) is 33.4 Å². The van der Waals surface area contributed by atoms with Crippen LogP contribution in [0.3, 0.4) is 0 Å². The molecule has 2 heteroatoms. The monoisotopic (exact) mass is 166 g/mol. The first-order valence-corrected chi connectivity index (χ1v) is 3.99. The van der Waals surface area contributed by atoms with Crippen molar-refractivity contribution in [1.29, 1.82) is 0 Å². The van der Waals surface area contributed by atoms with E-state index >= 15 is 0 Å². The summed E-state index contributed by atoms with van der Waals surface area (Å²) in [4.78, 5) is 0. The second-order valence-corrected chi connectivity index (χ2v) is 3.48. The molecule has 0 aliphatic heterocycles. The SMILES string of the molecule is CC(C)(O)C/C=C/c1ccoc1. The van der Waals surface area contributed by atoms with Crippen LogP contribution in [-0.2, 0) is 0 Å². The minimum absolute atomic E-state index is 0.625. The molecule has 0 bridgehead atoms. The molecular weight excluding hydrogens is 152 g/mol. The van der Waals surface area contributed by atoms with E-state index in [1.807, 2.05) is 18.2 Å². The van der Waals surface area contributed by atoms with E-state index in [4.69, 9.17) is 4.42 Å². The van der Waals surface area contributed by atoms with Crippen LogP contribution in [0.15, 0.2) is 29.1 Å². The summed E-state index contributed by atoms with van der Waals surface area (Å²) < 4.78 is 4.88. The summed E-state index contributed by atoms with van der Waals surface area (Å²) in [7, 11) is 0. The Hall–Kier alpha value is -1.02. The van der Waals surface area contributed by atoms with Gasteiger partial charge in [-0.05, 0) is 26.3 Å². The van der Waals surface area contributed by atoms with E-state index in [1.54, 1.807) is 26.4 Å². The van der Waals surface area contributed by atoms with Crippen molar-refractivity contribution in [1.82, 2.24) is 0 Å². The lowest BCUT2D eigenvalue weighted by molar-refractivity contribution is 0.0841. The minimum atomic E-state index is -0.625. The van der Waals surface area contributed by atoms with Crippen LogP contribution in [0.4, 0.5) is 0 Å². The van der Waals surface area contributed by atoms with Gasteiger partial charge < -0.3 is 9.52 Å². The van der Waals surface area contributed by atoms with Crippen LogP contribution < -0.4 is 0 Å². The van der Waals surface area contributed by atoms with Crippen LogP contribution in [0.25, 0.3) is 6.08 Å². The highest BCUT2D eigenvalue weighted by Crippen LogP contribution is 2.10. The van der Waals surface area contributed by atoms with Crippen molar-refractivity contribution in [3.05, 3.63) is 30.2 Å². The molecule has 0 aliphatic carbocycles. The molecule has 0 fully saturated rings. The van der Waals surface area contributed by atoms with Gasteiger partial charge in [0.25, 0.3) is 0 Å². The zero-order valence-corrected chi connectivity index (χ0v) is 7.45. The molecule has 0 amide bonds. The van der Waals surface area contributed by atoms with E-state index in [2.05, 4.69) is 0 Å². The average Bonchev–Trinajstić information content (AvgIpc) is 2.36. The first-order chi connectivity index (χ1) is 5.58. The van der Waals surface area contributed by atoms with Gasteiger partial charge in [-0.25, -0.2) is 0 Å². The van der Waals surface area contributed by atoms with Gasteiger partial charge in [0.05, 0.1) is 18.1 Å². The van der Waals surface area contributed by atoms with E-state index in [0.717, 1.165) is 5.56 Å². The van der Waals surface area contributed by atoms with Gasteiger partial charge in [-0.2, -0.15) is 0 Å². The molecule has 0 aromatic carbocycles. The maximum atomic E-state index is 9.37. The van der Waals surface area contributed by atoms with Crippen molar-refractivity contribution < 1.29 is 9.52 Å². The zero-order chi connectivity index (χ0) is 9.03. The summed E-state index contributed by atoms with van der Waals surface area (Å²) in [5.41, 5.74) is 0.402. The molecule has 1 heterocycles. The number of hydrogen-bond acceptors (Lipinski definition) is 2. The summed E-state index contributed by atoms with van der Waals surface area (Å²) in [6, 6.07) is 1.88. The Balaban J connectivity index is 2.42. The molecule has 1 N–H and O–H groups in total. The van der Waals surface area contributed by atoms with Crippen molar-refractivity contribution in [3.63, 3.8) is 0 Å². The third-order valence-electron chi connectivity index (χ3n) is 1.47. The standard InChI is InChI=1S/C10H14O2/c1-10(2,11)6-3-4-9-5-7-12-8-9/h3-5,7-8,11H,6H2,1-2H3/b4-3+. The molecule has 1 aromatic heterocycles. The van der Waals surface area contributed by atoms with Crippen LogP contribution in [0.5, 0.6) is 0 Å². The molecule has 0 radical (unpaired) electrons. The van der Waals surface area contributed by atoms with E-state index in [9.17, 15) is 5.11 Å². The lowest BCUT2D eigenvalue weighted by Crippen LogP contribution is -2.16. The van der Waals surface area contributed by atoms with Gasteiger partial charge in [0, 0.05) is 5.56 Å². The molecule has 0 spiro atoms. The van der Waals surface area contributed by atoms with Gasteiger partial charge in [0.15, 0.2) is 0 Å². The Kier molecular flexibility index (Phi) is 2.71. The summed E-state index contributed by atoms with van der Waals surface area (Å²) >= 11 is 0. The lowest BCUT2D eigenvalue weighted by atomic mass is 10.1. The van der Waals surface area contributed by atoms with Crippen LogP contribution in [0, 0.1) is 0 Å². The summed E-state index contributed by atoms with van der Waals surface area (Å²) in [6.45, 7) is 3.57. The van der Waals surface area contributed by atoms with Gasteiger partial charge in [0.2, 0.25) is 0 Å². The van der Waals surface area contributed by atoms with Crippen LogP contribution in [-0.4, -0.2) is 10.7 Å². The highest BCUT2D eigenvalue weighted by Gasteiger charge is 2.08. The number of furan rings is 1. The quantitative estimate of drug-likeness (QED) is 0.748. The van der Waals surface area contributed by atoms with Gasteiger partial charge in [-0.15, -0.1) is 0 Å². The molecule has 12 heavy (non-hydrogen) atoms.